The van der Waals surface area contributed by atoms with Crippen molar-refractivity contribution < 1.29 is 34.1 Å². The number of esters is 1. The number of nitrogens with one attached hydrogen (secondary N) is 1. The van der Waals surface area contributed by atoms with Gasteiger partial charge >= 0.3 is 17.9 Å². The Morgan fingerprint density at radius 1 is 1.03 bits per heavy atom. The Hall–Kier alpha value is -4.67. The van der Waals surface area contributed by atoms with E-state index in [2.05, 4.69) is 9.72 Å². The summed E-state index contributed by atoms with van der Waals surface area (Å²) in [6, 6.07) is 8.37. The number of hydrogen-bond acceptors (Lipinski definition) is 8. The molecule has 1 aromatic carbocycles. The molecule has 0 atom stereocenters. The molecule has 2 heterocycles. The van der Waals surface area contributed by atoms with Crippen LogP contribution in [-0.2, 0) is 4.74 Å². The Morgan fingerprint density at radius 2 is 1.68 bits per heavy atom. The molecule has 0 saturated carbocycles. The Labute approximate surface area is 173 Å². The van der Waals surface area contributed by atoms with Crippen molar-refractivity contribution in [2.45, 2.75) is 0 Å². The fraction of sp³-hybridized carbons (Fsp3) is 0.0500. The topological polar surface area (TPSA) is 182 Å². The first-order valence-corrected chi connectivity index (χ1v) is 8.58. The number of carboxylic acids is 2. The van der Waals surface area contributed by atoms with Gasteiger partial charge < -0.3 is 30.4 Å². The lowest BCUT2D eigenvalue weighted by Gasteiger charge is -2.13. The number of hydrogen-bond donors (Lipinski definition) is 4. The molecule has 5 N–H and O–H groups in total. The summed E-state index contributed by atoms with van der Waals surface area (Å²) in [7, 11) is 1.24. The Bertz CT molecular complexity index is 1250. The van der Waals surface area contributed by atoms with Gasteiger partial charge in [-0.1, -0.05) is 12.1 Å². The minimum atomic E-state index is -1.61. The summed E-state index contributed by atoms with van der Waals surface area (Å²) >= 11 is 0. The number of carbonyl (C=O) groups is 3. The molecule has 11 heteroatoms. The van der Waals surface area contributed by atoms with Crippen LogP contribution in [0.15, 0.2) is 47.4 Å². The number of nitrogen functional groups attached to an aromatic ring is 1. The van der Waals surface area contributed by atoms with Crippen LogP contribution in [0.2, 0.25) is 0 Å². The molecular weight excluding hydrogens is 410 g/mol. The van der Waals surface area contributed by atoms with E-state index < -0.39 is 40.4 Å². The number of benzene rings is 1. The van der Waals surface area contributed by atoms with Crippen LogP contribution < -0.4 is 16.0 Å². The highest BCUT2D eigenvalue weighted by Gasteiger charge is 2.26. The van der Waals surface area contributed by atoms with Gasteiger partial charge in [-0.25, -0.2) is 19.4 Å². The van der Waals surface area contributed by atoms with Gasteiger partial charge in [0.15, 0.2) is 0 Å². The van der Waals surface area contributed by atoms with Crippen molar-refractivity contribution in [2.75, 3.05) is 12.8 Å². The van der Waals surface area contributed by atoms with Crippen LogP contribution in [0.1, 0.15) is 31.1 Å². The lowest BCUT2D eigenvalue weighted by Crippen LogP contribution is -2.24. The van der Waals surface area contributed by atoms with Crippen molar-refractivity contribution in [2.24, 2.45) is 0 Å². The van der Waals surface area contributed by atoms with Crippen LogP contribution in [0.5, 0.6) is 11.6 Å². The molecule has 0 saturated heterocycles. The number of pyridine rings is 2. The van der Waals surface area contributed by atoms with E-state index in [1.807, 2.05) is 4.98 Å². The molecule has 0 amide bonds. The first-order chi connectivity index (χ1) is 14.7. The molecule has 0 unspecified atom stereocenters. The van der Waals surface area contributed by atoms with Gasteiger partial charge in [0.05, 0.1) is 12.7 Å². The molecule has 0 radical (unpaired) electrons. The zero-order valence-corrected chi connectivity index (χ0v) is 15.9. The lowest BCUT2D eigenvalue weighted by atomic mass is 9.95. The van der Waals surface area contributed by atoms with Gasteiger partial charge in [0, 0.05) is 17.8 Å². The van der Waals surface area contributed by atoms with Gasteiger partial charge in [-0.05, 0) is 23.8 Å². The molecule has 0 fully saturated rings. The summed E-state index contributed by atoms with van der Waals surface area (Å²) in [6.45, 7) is 0. The highest BCUT2D eigenvalue weighted by molar-refractivity contribution is 6.07. The summed E-state index contributed by atoms with van der Waals surface area (Å²) < 4.78 is 10.2. The maximum atomic E-state index is 12.1. The average Bonchev–Trinajstić information content (AvgIpc) is 2.72. The minimum Gasteiger partial charge on any atom is -0.478 e. The number of aromatic carboxylic acids is 2. The van der Waals surface area contributed by atoms with E-state index >= 15 is 0 Å². The zero-order valence-electron chi connectivity index (χ0n) is 15.9. The van der Waals surface area contributed by atoms with Crippen LogP contribution in [0, 0.1) is 0 Å². The van der Waals surface area contributed by atoms with E-state index in [0.29, 0.717) is 0 Å². The number of rotatable bonds is 6. The van der Waals surface area contributed by atoms with Gasteiger partial charge in [0.1, 0.15) is 22.7 Å². The predicted octanol–water partition coefficient (Wildman–Crippen LogP) is 1.99. The number of nitrogens with zero attached hydrogens (tertiary/aromatic N) is 1. The van der Waals surface area contributed by atoms with E-state index in [1.165, 1.54) is 49.7 Å². The van der Waals surface area contributed by atoms with Crippen molar-refractivity contribution in [3.05, 3.63) is 69.6 Å². The van der Waals surface area contributed by atoms with Crippen molar-refractivity contribution in [3.63, 3.8) is 0 Å². The Kier molecular flexibility index (Phi) is 5.68. The van der Waals surface area contributed by atoms with Crippen molar-refractivity contribution >= 4 is 23.7 Å². The second kappa shape index (κ2) is 8.37. The van der Waals surface area contributed by atoms with Crippen LogP contribution in [-0.4, -0.2) is 45.2 Å². The molecule has 11 nitrogen and oxygen atoms in total. The number of ether oxygens (including phenoxy) is 2. The molecule has 0 aliphatic carbocycles. The molecule has 0 bridgehead atoms. The number of carboxylic acid groups (broad SMARTS) is 2. The third-order valence-electron chi connectivity index (χ3n) is 4.19. The average molecular weight is 425 g/mol. The van der Waals surface area contributed by atoms with Crippen molar-refractivity contribution in [1.29, 1.82) is 0 Å². The van der Waals surface area contributed by atoms with Gasteiger partial charge in [0.25, 0.3) is 5.56 Å². The fourth-order valence-corrected chi connectivity index (χ4v) is 2.86. The summed E-state index contributed by atoms with van der Waals surface area (Å²) in [4.78, 5) is 53.0. The molecule has 3 aromatic rings. The number of aromatic nitrogens is 2. The molecule has 0 aliphatic heterocycles. The van der Waals surface area contributed by atoms with Crippen LogP contribution in [0.4, 0.5) is 5.82 Å². The zero-order chi connectivity index (χ0) is 22.7. The standard InChI is InChI=1S/C20H15N3O8/c1-30-20(29)10-6-7-22-12(8-10)31-11-4-2-9(3-5-11)13-14(18(25)26)16(21)23-17(24)15(13)19(27)28/h2-8H,1H3,(H,25,26)(H,27,28)(H3,21,23,24). The number of H-pyrrole nitrogens is 1. The normalized spacial score (nSPS) is 10.4. The predicted molar refractivity (Wildman–Crippen MR) is 106 cm³/mol. The number of nitrogens with two attached hydrogens (primary N) is 1. The number of methoxy groups -OCH3 is 1. The third-order valence-corrected chi connectivity index (χ3v) is 4.19. The maximum Gasteiger partial charge on any atom is 0.342 e. The van der Waals surface area contributed by atoms with E-state index in [0.717, 1.165) is 0 Å². The molecule has 0 spiro atoms. The van der Waals surface area contributed by atoms with Crippen molar-refractivity contribution in [3.8, 4) is 22.8 Å². The second-order valence-corrected chi connectivity index (χ2v) is 6.10. The largest absolute Gasteiger partial charge is 0.478 e. The summed E-state index contributed by atoms with van der Waals surface area (Å²) in [6.07, 6.45) is 1.35. The second-order valence-electron chi connectivity index (χ2n) is 6.10. The SMILES string of the molecule is COC(=O)c1ccnc(Oc2ccc(-c3c(C(=O)O)c(N)[nH]c(=O)c3C(=O)O)cc2)c1. The van der Waals surface area contributed by atoms with Gasteiger partial charge in [-0.15, -0.1) is 0 Å². The lowest BCUT2D eigenvalue weighted by molar-refractivity contribution is 0.0598. The molecule has 0 aliphatic rings. The van der Waals surface area contributed by atoms with Gasteiger partial charge in [0.2, 0.25) is 5.88 Å². The van der Waals surface area contributed by atoms with Crippen LogP contribution in [0.25, 0.3) is 11.1 Å². The van der Waals surface area contributed by atoms with E-state index in [4.69, 9.17) is 10.5 Å². The highest BCUT2D eigenvalue weighted by atomic mass is 16.5. The van der Waals surface area contributed by atoms with Gasteiger partial charge in [-0.2, -0.15) is 0 Å². The van der Waals surface area contributed by atoms with E-state index in [9.17, 15) is 29.4 Å². The summed E-state index contributed by atoms with van der Waals surface area (Å²) in [5.74, 6) is -3.81. The van der Waals surface area contributed by atoms with Crippen molar-refractivity contribution in [1.82, 2.24) is 9.97 Å². The number of anilines is 1. The monoisotopic (exact) mass is 425 g/mol. The first-order valence-electron chi connectivity index (χ1n) is 8.58. The van der Waals surface area contributed by atoms with E-state index in [1.54, 1.807) is 0 Å². The first kappa shape index (κ1) is 21.0. The molecule has 3 rings (SSSR count). The fourth-order valence-electron chi connectivity index (χ4n) is 2.86. The van der Waals surface area contributed by atoms with Gasteiger partial charge in [-0.3, -0.25) is 4.79 Å². The highest BCUT2D eigenvalue weighted by Crippen LogP contribution is 2.31. The van der Waals surface area contributed by atoms with E-state index in [-0.39, 0.29) is 28.3 Å². The summed E-state index contributed by atoms with van der Waals surface area (Å²) in [5, 5.41) is 18.9. The molecular formula is C20H15N3O8. The smallest absolute Gasteiger partial charge is 0.342 e. The Balaban J connectivity index is 2.03. The third kappa shape index (κ3) is 4.19. The maximum absolute atomic E-state index is 12.1. The molecule has 31 heavy (non-hydrogen) atoms. The summed E-state index contributed by atoms with van der Waals surface area (Å²) in [5.41, 5.74) is 3.29. The van der Waals surface area contributed by atoms with Crippen LogP contribution in [0.3, 0.4) is 0 Å². The quantitative estimate of drug-likeness (QED) is 0.426. The minimum absolute atomic E-state index is 0.0912. The number of carbonyl (C=O) groups excluding carboxylic acids is 1. The Morgan fingerprint density at radius 3 is 2.26 bits per heavy atom. The molecule has 158 valence electrons. The number of aromatic amines is 1. The molecule has 2 aromatic heterocycles. The van der Waals surface area contributed by atoms with Crippen LogP contribution >= 0.6 is 0 Å².